The number of hydrogen-bond donors (Lipinski definition) is 4. The number of aromatic nitrogens is 1. The number of nitrogens with one attached hydrogen (secondary N) is 1. The minimum Gasteiger partial charge on any atom is -0.481 e. The molecule has 0 bridgehead atoms. The summed E-state index contributed by atoms with van der Waals surface area (Å²) < 4.78 is 0. The molecule has 0 aliphatic carbocycles. The summed E-state index contributed by atoms with van der Waals surface area (Å²) in [4.78, 5) is 42.0. The number of aliphatic hydroxyl groups excluding tert-OH is 1. The van der Waals surface area contributed by atoms with Crippen LogP contribution in [0.1, 0.15) is 31.4 Å². The molecule has 2 aromatic rings. The highest BCUT2D eigenvalue weighted by molar-refractivity contribution is 5.82. The van der Waals surface area contributed by atoms with Gasteiger partial charge in [-0.15, -0.1) is 0 Å². The van der Waals surface area contributed by atoms with Crippen molar-refractivity contribution in [3.05, 3.63) is 35.4 Å². The van der Waals surface area contributed by atoms with Crippen molar-refractivity contribution in [1.29, 1.82) is 0 Å². The summed E-state index contributed by atoms with van der Waals surface area (Å²) >= 11 is 0. The molecule has 2 atom stereocenters. The Bertz CT molecular complexity index is 1100. The van der Waals surface area contributed by atoms with Gasteiger partial charge in [-0.3, -0.25) is 24.2 Å². The molecule has 3 aliphatic heterocycles. The number of aliphatic hydroxyl groups is 1. The molecule has 38 heavy (non-hydrogen) atoms. The maximum Gasteiger partial charge on any atom is 0.300 e. The fraction of sp³-hybridized carbons (Fsp3) is 0.556. The number of carboxylic acid groups (broad SMARTS) is 2. The Kier molecular flexibility index (Phi) is 10.4. The van der Waals surface area contributed by atoms with E-state index in [1.807, 2.05) is 0 Å². The Balaban J connectivity index is 0.000000443. The summed E-state index contributed by atoms with van der Waals surface area (Å²) in [7, 11) is 0. The van der Waals surface area contributed by atoms with Crippen molar-refractivity contribution in [1.82, 2.24) is 20.1 Å². The Morgan fingerprint density at radius 3 is 2.29 bits per heavy atom. The summed E-state index contributed by atoms with van der Waals surface area (Å²) in [5, 5.41) is 28.4. The Labute approximate surface area is 223 Å². The van der Waals surface area contributed by atoms with Crippen LogP contribution < -0.4 is 10.2 Å². The van der Waals surface area contributed by atoms with E-state index in [4.69, 9.17) is 24.8 Å². The van der Waals surface area contributed by atoms with Gasteiger partial charge in [-0.05, 0) is 24.6 Å². The number of aryl methyl sites for hydroxylation is 1. The first-order valence-electron chi connectivity index (χ1n) is 12.9. The number of benzene rings is 1. The average Bonchev–Trinajstić information content (AvgIpc) is 3.35. The molecule has 1 aromatic heterocycles. The molecule has 11 heteroatoms. The lowest BCUT2D eigenvalue weighted by atomic mass is 10.1. The standard InChI is InChI=1S/C23H31N5O2.2C2H4O2/c1-16-2-3-17-11-19(14-27-13-18-12-22(30)24-21(18)15-27)23(25-20(17)10-16)28-6-4-26(5-7-28)8-9-29;2*1-2(3)4/h2-3,10-11,18,21,29H,4-9,12-15H2,1H3,(H,24,30);2*1H3,(H,3,4)/t18-,21+;;/m0../s1. The van der Waals surface area contributed by atoms with E-state index >= 15 is 0 Å². The SMILES string of the molecule is CC(=O)O.CC(=O)O.Cc1ccc2cc(CN3C[C@@H]4CC(=O)N[C@@H]4C3)c(N3CCN(CCO)CC3)nc2c1. The van der Waals surface area contributed by atoms with Crippen LogP contribution in [-0.2, 0) is 20.9 Å². The number of carboxylic acids is 2. The van der Waals surface area contributed by atoms with E-state index in [1.54, 1.807) is 0 Å². The quantitative estimate of drug-likeness (QED) is 0.445. The number of hydrogen-bond acceptors (Lipinski definition) is 8. The molecule has 3 saturated heterocycles. The van der Waals surface area contributed by atoms with Gasteiger partial charge < -0.3 is 25.5 Å². The Morgan fingerprint density at radius 1 is 1.03 bits per heavy atom. The molecule has 0 saturated carbocycles. The number of β-amino-alcohol motifs (C(OH)–C–C–N with tert-alkyl or cyclic N) is 1. The van der Waals surface area contributed by atoms with Gasteiger partial charge in [-0.1, -0.05) is 12.1 Å². The highest BCUT2D eigenvalue weighted by atomic mass is 16.4. The number of rotatable bonds is 5. The highest BCUT2D eigenvalue weighted by Gasteiger charge is 2.40. The van der Waals surface area contributed by atoms with E-state index in [-0.39, 0.29) is 12.5 Å². The molecule has 1 amide bonds. The number of carbonyl (C=O) groups is 3. The van der Waals surface area contributed by atoms with Crippen LogP contribution in [0.4, 0.5) is 5.82 Å². The minimum absolute atomic E-state index is 0.203. The van der Waals surface area contributed by atoms with E-state index in [0.29, 0.717) is 18.4 Å². The van der Waals surface area contributed by atoms with E-state index in [9.17, 15) is 9.90 Å². The molecule has 3 aliphatic rings. The van der Waals surface area contributed by atoms with Crippen LogP contribution in [0.15, 0.2) is 24.3 Å². The van der Waals surface area contributed by atoms with Gasteiger partial charge in [0.25, 0.3) is 11.9 Å². The monoisotopic (exact) mass is 529 g/mol. The van der Waals surface area contributed by atoms with E-state index in [1.165, 1.54) is 16.5 Å². The van der Waals surface area contributed by atoms with Crippen LogP contribution in [0.3, 0.4) is 0 Å². The van der Waals surface area contributed by atoms with Crippen molar-refractivity contribution in [2.45, 2.75) is 39.8 Å². The normalized spacial score (nSPS) is 21.2. The van der Waals surface area contributed by atoms with Gasteiger partial charge in [0.15, 0.2) is 0 Å². The maximum absolute atomic E-state index is 11.7. The molecule has 0 unspecified atom stereocenters. The smallest absolute Gasteiger partial charge is 0.300 e. The summed E-state index contributed by atoms with van der Waals surface area (Å²) in [6.45, 7) is 11.8. The van der Waals surface area contributed by atoms with Gasteiger partial charge in [0.2, 0.25) is 5.91 Å². The van der Waals surface area contributed by atoms with Crippen LogP contribution in [-0.4, -0.2) is 106 Å². The molecular weight excluding hydrogens is 490 g/mol. The third-order valence-corrected chi connectivity index (χ3v) is 6.82. The maximum atomic E-state index is 11.7. The first-order valence-corrected chi connectivity index (χ1v) is 12.9. The number of anilines is 1. The number of piperazine rings is 1. The van der Waals surface area contributed by atoms with Gasteiger partial charge in [-0.2, -0.15) is 0 Å². The number of carbonyl (C=O) groups excluding carboxylic acids is 1. The summed E-state index contributed by atoms with van der Waals surface area (Å²) in [6.07, 6.45) is 0.663. The lowest BCUT2D eigenvalue weighted by molar-refractivity contribution is -0.135. The largest absolute Gasteiger partial charge is 0.481 e. The van der Waals surface area contributed by atoms with Crippen molar-refractivity contribution in [2.75, 3.05) is 57.3 Å². The molecule has 4 heterocycles. The highest BCUT2D eigenvalue weighted by Crippen LogP contribution is 2.30. The topological polar surface area (TPSA) is 147 Å². The van der Waals surface area contributed by atoms with E-state index in [2.05, 4.69) is 51.2 Å². The zero-order chi connectivity index (χ0) is 27.8. The molecular formula is C27H39N5O6. The molecule has 0 spiro atoms. The van der Waals surface area contributed by atoms with Crippen LogP contribution in [0, 0.1) is 12.8 Å². The molecule has 4 N–H and O–H groups in total. The second kappa shape index (κ2) is 13.5. The molecule has 0 radical (unpaired) electrons. The molecule has 5 rings (SSSR count). The molecule has 3 fully saturated rings. The van der Waals surface area contributed by atoms with Gasteiger partial charge >= 0.3 is 0 Å². The van der Waals surface area contributed by atoms with Crippen molar-refractivity contribution in [2.24, 2.45) is 5.92 Å². The molecule has 208 valence electrons. The van der Waals surface area contributed by atoms with E-state index < -0.39 is 11.9 Å². The fourth-order valence-corrected chi connectivity index (χ4v) is 5.23. The van der Waals surface area contributed by atoms with Crippen molar-refractivity contribution >= 4 is 34.6 Å². The van der Waals surface area contributed by atoms with Gasteiger partial charge in [0, 0.05) is 95.5 Å². The predicted octanol–water partition coefficient (Wildman–Crippen LogP) is 1.16. The first-order chi connectivity index (χ1) is 18.0. The number of amides is 1. The zero-order valence-corrected chi connectivity index (χ0v) is 22.4. The second-order valence-corrected chi connectivity index (χ2v) is 10.1. The number of fused-ring (bicyclic) bond motifs is 2. The minimum atomic E-state index is -0.833. The summed E-state index contributed by atoms with van der Waals surface area (Å²) in [6, 6.07) is 9.10. The lowest BCUT2D eigenvalue weighted by Gasteiger charge is -2.36. The van der Waals surface area contributed by atoms with Gasteiger partial charge in [0.1, 0.15) is 5.82 Å². The van der Waals surface area contributed by atoms with Gasteiger partial charge in [0.05, 0.1) is 12.1 Å². The first kappa shape index (κ1) is 29.3. The molecule has 1 aromatic carbocycles. The zero-order valence-electron chi connectivity index (χ0n) is 22.4. The van der Waals surface area contributed by atoms with E-state index in [0.717, 1.165) is 77.5 Å². The Morgan fingerprint density at radius 2 is 1.68 bits per heavy atom. The molecule has 11 nitrogen and oxygen atoms in total. The van der Waals surface area contributed by atoms with Crippen LogP contribution in [0.5, 0.6) is 0 Å². The Hall–Kier alpha value is -3.28. The number of likely N-dealkylation sites (tertiary alicyclic amines) is 1. The van der Waals surface area contributed by atoms with Gasteiger partial charge in [-0.25, -0.2) is 4.98 Å². The third-order valence-electron chi connectivity index (χ3n) is 6.82. The summed E-state index contributed by atoms with van der Waals surface area (Å²) in [5.41, 5.74) is 3.55. The number of nitrogens with zero attached hydrogens (tertiary/aromatic N) is 4. The van der Waals surface area contributed by atoms with Crippen LogP contribution >= 0.6 is 0 Å². The predicted molar refractivity (Wildman–Crippen MR) is 144 cm³/mol. The summed E-state index contributed by atoms with van der Waals surface area (Å²) in [5.74, 6) is 0.0747. The van der Waals surface area contributed by atoms with Crippen molar-refractivity contribution in [3.8, 4) is 0 Å². The lowest BCUT2D eigenvalue weighted by Crippen LogP contribution is -2.47. The van der Waals surface area contributed by atoms with Crippen molar-refractivity contribution in [3.63, 3.8) is 0 Å². The van der Waals surface area contributed by atoms with Crippen molar-refractivity contribution < 1.29 is 29.7 Å². The average molecular weight is 530 g/mol. The van der Waals surface area contributed by atoms with Crippen LogP contribution in [0.2, 0.25) is 0 Å². The number of aliphatic carboxylic acids is 2. The number of pyridine rings is 1. The third kappa shape index (κ3) is 8.37. The second-order valence-electron chi connectivity index (χ2n) is 10.1. The fourth-order valence-electron chi connectivity index (χ4n) is 5.23. The van der Waals surface area contributed by atoms with Crippen LogP contribution in [0.25, 0.3) is 10.9 Å².